The number of benzene rings is 4. The van der Waals surface area contributed by atoms with Crippen molar-refractivity contribution in [2.45, 2.75) is 153 Å². The van der Waals surface area contributed by atoms with Gasteiger partial charge < -0.3 is 33.3 Å². The first-order valence-electron chi connectivity index (χ1n) is 27.1. The molecule has 5 saturated heterocycles. The lowest BCUT2D eigenvalue weighted by Gasteiger charge is -2.32. The van der Waals surface area contributed by atoms with E-state index in [9.17, 15) is 9.59 Å². The number of ether oxygens (including phenoxy) is 4. The maximum absolute atomic E-state index is 12.9. The van der Waals surface area contributed by atoms with E-state index in [0.717, 1.165) is 0 Å². The molecule has 10 atom stereocenters. The number of nitrogens with one attached hydrogen (secondary N) is 1. The zero-order valence-electron chi connectivity index (χ0n) is 45.8. The molecule has 0 radical (unpaired) electrons. The van der Waals surface area contributed by atoms with Crippen LogP contribution in [0.3, 0.4) is 0 Å². The van der Waals surface area contributed by atoms with Gasteiger partial charge in [-0.1, -0.05) is 161 Å². The summed E-state index contributed by atoms with van der Waals surface area (Å²) in [5, 5.41) is 5.76. The van der Waals surface area contributed by atoms with Crippen LogP contribution in [-0.2, 0) is 33.6 Å². The minimum atomic E-state index is -1.83. The van der Waals surface area contributed by atoms with Crippen LogP contribution in [0.4, 0.5) is 5.82 Å². The van der Waals surface area contributed by atoms with Crippen LogP contribution in [0.5, 0.6) is 0 Å². The van der Waals surface area contributed by atoms with Crippen molar-refractivity contribution in [3.8, 4) is 0 Å². The number of aromatic nitrogens is 2. The molecule has 3 unspecified atom stereocenters. The molecule has 1 amide bonds. The molecule has 1 N–H and O–H groups in total. The number of hydrogen-bond acceptors (Lipinski definition) is 11. The van der Waals surface area contributed by atoms with Gasteiger partial charge in [0.05, 0.1) is 25.4 Å². The molecule has 0 spiro atoms. The third-order valence-corrected chi connectivity index (χ3v) is 24.7. The van der Waals surface area contributed by atoms with Crippen molar-refractivity contribution in [1.29, 1.82) is 0 Å². The van der Waals surface area contributed by atoms with Crippen molar-refractivity contribution in [2.24, 2.45) is 0 Å². The van der Waals surface area contributed by atoms with Crippen LogP contribution in [0, 0.1) is 6.92 Å². The number of nitrogens with zero attached hydrogens (tertiary/aromatic N) is 4. The van der Waals surface area contributed by atoms with E-state index in [2.05, 4.69) is 152 Å². The van der Waals surface area contributed by atoms with Gasteiger partial charge in [-0.05, 0) is 69.7 Å². The number of aryl methyl sites for hydroxylation is 1. The Labute approximate surface area is 449 Å². The van der Waals surface area contributed by atoms with Crippen molar-refractivity contribution in [3.63, 3.8) is 0 Å². The van der Waals surface area contributed by atoms with E-state index in [0.29, 0.717) is 60.3 Å². The Bertz CT molecular complexity index is 2600. The highest BCUT2D eigenvalue weighted by atomic mass is 31.2. The summed E-state index contributed by atoms with van der Waals surface area (Å²) in [6, 6.07) is 44.3. The molecule has 6 heterocycles. The minimum Gasteiger partial charge on any atom is -0.382 e. The van der Waals surface area contributed by atoms with E-state index in [1.165, 1.54) is 65.3 Å². The maximum atomic E-state index is 12.9. The molecule has 0 saturated carbocycles. The standard InChI is InChI=1S/C22H29N3O6.C22H30NOPSi.C15H22NOP/c1-5-16-17(29-4)18(30-12-11-28-3)21(31-16)25-13-14(2)19(24-22(25)27)23-20(26)15-9-7-6-8-10-15;1-18(2)25-23-16-10-15-21(23)22(24-25)17-26(3,19-11-6-4-7-12-19)20-13-8-5-9-14-20;1-12(2)18-16-11-7-10-14(16)15(3,17-18)13-8-5-4-6-9-13/h6-10,13,16-18,21H,5,11-12H2,1-4H3,(H,23,24,26,27);4-9,11-14,18,21-22H,10,15-17H2,1-3H3;4-6,8-9,12,14H,7,10-11H2,1-3H3/t16-,17+,18?,21-;21-,22+,25?;14-,15+,18?/m111/s1. The van der Waals surface area contributed by atoms with Gasteiger partial charge in [0, 0.05) is 68.0 Å². The molecule has 1 aromatic heterocycles. The van der Waals surface area contributed by atoms with Crippen LogP contribution in [0.15, 0.2) is 132 Å². The Balaban J connectivity index is 0.000000154. The topological polar surface area (TPSA) is 126 Å². The van der Waals surface area contributed by atoms with Gasteiger partial charge in [-0.15, -0.1) is 0 Å². The third-order valence-electron chi connectivity index (χ3n) is 15.5. The monoisotopic (exact) mass is 1080 g/mol. The van der Waals surface area contributed by atoms with E-state index in [4.69, 9.17) is 28.0 Å². The molecule has 75 heavy (non-hydrogen) atoms. The number of carbonyl (C=O) groups excluding carboxylic acids is 1. The molecule has 5 aliphatic rings. The average molecular weight is 1080 g/mol. The van der Waals surface area contributed by atoms with Gasteiger partial charge in [-0.3, -0.25) is 18.7 Å². The number of rotatable bonds is 16. The van der Waals surface area contributed by atoms with Gasteiger partial charge in [0.1, 0.15) is 48.3 Å². The summed E-state index contributed by atoms with van der Waals surface area (Å²) >= 11 is 0. The van der Waals surface area contributed by atoms with Gasteiger partial charge >= 0.3 is 5.69 Å². The van der Waals surface area contributed by atoms with Crippen LogP contribution in [0.25, 0.3) is 0 Å². The van der Waals surface area contributed by atoms with Crippen LogP contribution in [0.2, 0.25) is 12.6 Å². The highest BCUT2D eigenvalue weighted by Gasteiger charge is 2.54. The normalized spacial score (nSPS) is 27.4. The van der Waals surface area contributed by atoms with Crippen LogP contribution in [-0.4, -0.2) is 121 Å². The highest BCUT2D eigenvalue weighted by Crippen LogP contribution is 2.64. The number of carbonyl (C=O) groups is 1. The Hall–Kier alpha value is -4.01. The highest BCUT2D eigenvalue weighted by molar-refractivity contribution is 7.51. The minimum absolute atomic E-state index is 0.103. The third kappa shape index (κ3) is 12.8. The number of hydrogen-bond donors (Lipinski definition) is 1. The summed E-state index contributed by atoms with van der Waals surface area (Å²) in [7, 11) is 0.516. The van der Waals surface area contributed by atoms with Crippen molar-refractivity contribution in [3.05, 3.63) is 155 Å². The summed E-state index contributed by atoms with van der Waals surface area (Å²) in [5.41, 5.74) is 3.03. The second-order valence-electron chi connectivity index (χ2n) is 21.2. The Morgan fingerprint density at radius 3 is 1.97 bits per heavy atom. The molecule has 5 aliphatic heterocycles. The van der Waals surface area contributed by atoms with Crippen LogP contribution >= 0.6 is 16.6 Å². The van der Waals surface area contributed by atoms with Crippen molar-refractivity contribution < 1.29 is 32.8 Å². The zero-order valence-corrected chi connectivity index (χ0v) is 48.6. The number of fused-ring (bicyclic) bond motifs is 2. The van der Waals surface area contributed by atoms with Gasteiger partial charge in [0.25, 0.3) is 5.91 Å². The number of anilines is 1. The van der Waals surface area contributed by atoms with Crippen molar-refractivity contribution in [1.82, 2.24) is 18.9 Å². The molecule has 5 aromatic rings. The van der Waals surface area contributed by atoms with E-state index < -0.39 is 42.7 Å². The molecule has 0 aliphatic carbocycles. The Morgan fingerprint density at radius 1 is 0.800 bits per heavy atom. The van der Waals surface area contributed by atoms with Crippen LogP contribution in [0.1, 0.15) is 101 Å². The quantitative estimate of drug-likeness (QED) is 0.0577. The summed E-state index contributed by atoms with van der Waals surface area (Å²) in [4.78, 5) is 29.4. The fourth-order valence-corrected chi connectivity index (χ4v) is 20.4. The summed E-state index contributed by atoms with van der Waals surface area (Å²) in [5.74, 6) is -0.128. The smallest absolute Gasteiger partial charge is 0.351 e. The predicted molar refractivity (Wildman–Crippen MR) is 306 cm³/mol. The first-order chi connectivity index (χ1) is 36.2. The number of amides is 1. The molecule has 0 bridgehead atoms. The first-order valence-corrected chi connectivity index (χ1v) is 32.4. The molecule has 16 heteroatoms. The zero-order chi connectivity index (χ0) is 53.3. The predicted octanol–water partition coefficient (Wildman–Crippen LogP) is 10.7. The molecule has 10 rings (SSSR count). The molecule has 404 valence electrons. The first kappa shape index (κ1) is 57.2. The van der Waals surface area contributed by atoms with E-state index >= 15 is 0 Å². The molecule has 4 aromatic carbocycles. The largest absolute Gasteiger partial charge is 0.382 e. The van der Waals surface area contributed by atoms with Gasteiger partial charge in [-0.2, -0.15) is 4.98 Å². The van der Waals surface area contributed by atoms with Crippen molar-refractivity contribution >= 4 is 46.8 Å². The van der Waals surface area contributed by atoms with E-state index in [-0.39, 0.29) is 29.5 Å². The summed E-state index contributed by atoms with van der Waals surface area (Å²) in [6.07, 6.45) is 6.18. The number of methoxy groups -OCH3 is 2. The Morgan fingerprint density at radius 2 is 1.39 bits per heavy atom. The lowest BCUT2D eigenvalue weighted by molar-refractivity contribution is -0.0838. The maximum Gasteiger partial charge on any atom is 0.351 e. The summed E-state index contributed by atoms with van der Waals surface area (Å²) in [6.45, 7) is 21.0. The molecule has 13 nitrogen and oxygen atoms in total. The van der Waals surface area contributed by atoms with E-state index in [1.807, 2.05) is 13.0 Å². The SMILES string of the molecule is CC(C)P1O[C@@H](C[Si](C)(c2ccccc2)c2ccccc2)[C@H]2CCCN21.CC(C)P1O[C@@](C)(c2ccccc2)[C@H]2CCCN21.CC[C@H]1O[C@@H](n2cc(C)c(NC(=O)c3ccccc3)nc2=O)C(OCCOC)[C@H]1OC. The Kier molecular flexibility index (Phi) is 19.9. The van der Waals surface area contributed by atoms with Crippen molar-refractivity contribution in [2.75, 3.05) is 45.8 Å². The van der Waals surface area contributed by atoms with Gasteiger partial charge in [0.15, 0.2) is 6.23 Å². The van der Waals surface area contributed by atoms with Crippen LogP contribution < -0.4 is 21.4 Å². The second-order valence-corrected chi connectivity index (χ2v) is 30.2. The van der Waals surface area contributed by atoms with Gasteiger partial charge in [-0.25, -0.2) is 4.79 Å². The van der Waals surface area contributed by atoms with Gasteiger partial charge in [0.2, 0.25) is 0 Å². The average Bonchev–Trinajstić information content (AvgIpc) is 4.28. The summed E-state index contributed by atoms with van der Waals surface area (Å²) < 4.78 is 42.8. The lowest BCUT2D eigenvalue weighted by Crippen LogP contribution is -2.58. The molecular formula is C59H81N5O8P2Si. The second kappa shape index (κ2) is 26.1. The molecular weight excluding hydrogens is 997 g/mol. The fourth-order valence-electron chi connectivity index (χ4n) is 11.6. The van der Waals surface area contributed by atoms with E-state index in [1.54, 1.807) is 51.6 Å². The molecule has 5 fully saturated rings. The lowest BCUT2D eigenvalue weighted by atomic mass is 9.87. The fraction of sp³-hybridized carbons (Fsp3) is 0.508.